The van der Waals surface area contributed by atoms with Gasteiger partial charge in [-0.05, 0) is 55.4 Å². The molecule has 1 aliphatic rings. The summed E-state index contributed by atoms with van der Waals surface area (Å²) in [5.41, 5.74) is 6.70. The van der Waals surface area contributed by atoms with E-state index in [2.05, 4.69) is 19.2 Å². The first-order valence-corrected chi connectivity index (χ1v) is 7.22. The highest BCUT2D eigenvalue weighted by atomic mass is 16.5. The number of nitrogen functional groups attached to an aromatic ring is 1. The Morgan fingerprint density at radius 2 is 1.90 bits per heavy atom. The Morgan fingerprint density at radius 1 is 1.30 bits per heavy atom. The molecular formula is C16H24N2O2. The molecule has 1 aromatic rings. The van der Waals surface area contributed by atoms with E-state index in [1.807, 2.05) is 0 Å². The quantitative estimate of drug-likeness (QED) is 0.831. The molecule has 0 aliphatic heterocycles. The summed E-state index contributed by atoms with van der Waals surface area (Å²) in [6.45, 7) is 4.63. The number of hydrogen-bond donors (Lipinski definition) is 2. The summed E-state index contributed by atoms with van der Waals surface area (Å²) in [5.74, 6) is 0.616. The smallest absolute Gasteiger partial charge is 0.258 e. The Kier molecular flexibility index (Phi) is 4.53. The average Bonchev–Trinajstić information content (AvgIpc) is 2.41. The van der Waals surface area contributed by atoms with Gasteiger partial charge in [0.2, 0.25) is 0 Å². The SMILES string of the molecule is CC1(C)CCC(NC(=O)COc2ccc(N)cc2)CC1. The summed E-state index contributed by atoms with van der Waals surface area (Å²) in [5, 5.41) is 3.05. The van der Waals surface area contributed by atoms with Crippen LogP contribution in [-0.4, -0.2) is 18.6 Å². The Bertz CT molecular complexity index is 444. The number of nitrogens with two attached hydrogens (primary N) is 1. The molecule has 4 heteroatoms. The van der Waals surface area contributed by atoms with E-state index in [9.17, 15) is 4.79 Å². The number of ether oxygens (including phenoxy) is 1. The molecule has 0 atom stereocenters. The van der Waals surface area contributed by atoms with Gasteiger partial charge in [-0.15, -0.1) is 0 Å². The summed E-state index contributed by atoms with van der Waals surface area (Å²) < 4.78 is 5.44. The molecule has 20 heavy (non-hydrogen) atoms. The zero-order valence-electron chi connectivity index (χ0n) is 12.3. The lowest BCUT2D eigenvalue weighted by Gasteiger charge is -2.34. The Hall–Kier alpha value is -1.71. The van der Waals surface area contributed by atoms with Crippen LogP contribution in [0.5, 0.6) is 5.75 Å². The third kappa shape index (κ3) is 4.44. The molecule has 0 saturated heterocycles. The van der Waals surface area contributed by atoms with Crippen LogP contribution in [0.4, 0.5) is 5.69 Å². The van der Waals surface area contributed by atoms with Gasteiger partial charge in [0.05, 0.1) is 0 Å². The summed E-state index contributed by atoms with van der Waals surface area (Å²) >= 11 is 0. The number of anilines is 1. The minimum atomic E-state index is -0.0495. The third-order valence-electron chi connectivity index (χ3n) is 3.95. The predicted molar refractivity (Wildman–Crippen MR) is 80.5 cm³/mol. The number of amides is 1. The fourth-order valence-corrected chi connectivity index (χ4v) is 2.53. The maximum Gasteiger partial charge on any atom is 0.258 e. The average molecular weight is 276 g/mol. The molecule has 1 aromatic carbocycles. The van der Waals surface area contributed by atoms with E-state index in [1.165, 1.54) is 0 Å². The Labute approximate surface area is 120 Å². The Balaban J connectivity index is 1.72. The normalized spacial score (nSPS) is 18.5. The van der Waals surface area contributed by atoms with Gasteiger partial charge < -0.3 is 15.8 Å². The van der Waals surface area contributed by atoms with E-state index in [1.54, 1.807) is 24.3 Å². The molecule has 1 aliphatic carbocycles. The van der Waals surface area contributed by atoms with Crippen molar-refractivity contribution in [3.63, 3.8) is 0 Å². The lowest BCUT2D eigenvalue weighted by Crippen LogP contribution is -2.41. The van der Waals surface area contributed by atoms with Crippen LogP contribution in [0.25, 0.3) is 0 Å². The van der Waals surface area contributed by atoms with Crippen molar-refractivity contribution in [2.24, 2.45) is 5.41 Å². The highest BCUT2D eigenvalue weighted by Gasteiger charge is 2.27. The van der Waals surface area contributed by atoms with Gasteiger partial charge in [-0.1, -0.05) is 13.8 Å². The molecule has 0 heterocycles. The highest BCUT2D eigenvalue weighted by molar-refractivity contribution is 5.77. The molecular weight excluding hydrogens is 252 g/mol. The van der Waals surface area contributed by atoms with Crippen LogP contribution >= 0.6 is 0 Å². The maximum absolute atomic E-state index is 11.9. The van der Waals surface area contributed by atoms with E-state index in [4.69, 9.17) is 10.5 Å². The van der Waals surface area contributed by atoms with Crippen LogP contribution < -0.4 is 15.8 Å². The van der Waals surface area contributed by atoms with Gasteiger partial charge >= 0.3 is 0 Å². The summed E-state index contributed by atoms with van der Waals surface area (Å²) in [4.78, 5) is 11.9. The molecule has 0 bridgehead atoms. The molecule has 0 unspecified atom stereocenters. The van der Waals surface area contributed by atoms with E-state index in [0.29, 0.717) is 22.9 Å². The van der Waals surface area contributed by atoms with E-state index in [-0.39, 0.29) is 12.5 Å². The van der Waals surface area contributed by atoms with Crippen molar-refractivity contribution < 1.29 is 9.53 Å². The molecule has 1 saturated carbocycles. The lowest BCUT2D eigenvalue weighted by molar-refractivity contribution is -0.124. The number of nitrogens with one attached hydrogen (secondary N) is 1. The number of rotatable bonds is 4. The Morgan fingerprint density at radius 3 is 2.50 bits per heavy atom. The predicted octanol–water partition coefficient (Wildman–Crippen LogP) is 2.73. The maximum atomic E-state index is 11.9. The number of carbonyl (C=O) groups excluding carboxylic acids is 1. The monoisotopic (exact) mass is 276 g/mol. The molecule has 1 fully saturated rings. The highest BCUT2D eigenvalue weighted by Crippen LogP contribution is 2.34. The van der Waals surface area contributed by atoms with Crippen LogP contribution in [0.3, 0.4) is 0 Å². The van der Waals surface area contributed by atoms with Gasteiger partial charge in [0.15, 0.2) is 6.61 Å². The van der Waals surface area contributed by atoms with Crippen molar-refractivity contribution in [1.29, 1.82) is 0 Å². The first-order chi connectivity index (χ1) is 9.44. The van der Waals surface area contributed by atoms with Crippen LogP contribution in [0, 0.1) is 5.41 Å². The first-order valence-electron chi connectivity index (χ1n) is 7.22. The van der Waals surface area contributed by atoms with Crippen molar-refractivity contribution in [3.05, 3.63) is 24.3 Å². The number of carbonyl (C=O) groups is 1. The second-order valence-electron chi connectivity index (χ2n) is 6.36. The summed E-state index contributed by atoms with van der Waals surface area (Å²) in [7, 11) is 0. The number of hydrogen-bond acceptors (Lipinski definition) is 3. The topological polar surface area (TPSA) is 64.3 Å². The van der Waals surface area contributed by atoms with Crippen molar-refractivity contribution in [2.45, 2.75) is 45.6 Å². The molecule has 0 spiro atoms. The molecule has 1 amide bonds. The fourth-order valence-electron chi connectivity index (χ4n) is 2.53. The van der Waals surface area contributed by atoms with E-state index >= 15 is 0 Å². The molecule has 110 valence electrons. The molecule has 4 nitrogen and oxygen atoms in total. The van der Waals surface area contributed by atoms with Crippen molar-refractivity contribution in [1.82, 2.24) is 5.32 Å². The molecule has 0 aromatic heterocycles. The van der Waals surface area contributed by atoms with Gasteiger partial charge in [0, 0.05) is 11.7 Å². The fraction of sp³-hybridized carbons (Fsp3) is 0.562. The van der Waals surface area contributed by atoms with Crippen molar-refractivity contribution in [2.75, 3.05) is 12.3 Å². The van der Waals surface area contributed by atoms with Gasteiger partial charge in [-0.2, -0.15) is 0 Å². The molecule has 3 N–H and O–H groups in total. The second kappa shape index (κ2) is 6.16. The van der Waals surface area contributed by atoms with Gasteiger partial charge in [-0.25, -0.2) is 0 Å². The number of benzene rings is 1. The van der Waals surface area contributed by atoms with Crippen LogP contribution in [-0.2, 0) is 4.79 Å². The van der Waals surface area contributed by atoms with Crippen molar-refractivity contribution in [3.8, 4) is 5.75 Å². The van der Waals surface area contributed by atoms with Crippen LogP contribution in [0.15, 0.2) is 24.3 Å². The summed E-state index contributed by atoms with van der Waals surface area (Å²) in [6.07, 6.45) is 4.44. The van der Waals surface area contributed by atoms with Gasteiger partial charge in [0.25, 0.3) is 5.91 Å². The third-order valence-corrected chi connectivity index (χ3v) is 3.95. The largest absolute Gasteiger partial charge is 0.484 e. The van der Waals surface area contributed by atoms with E-state index in [0.717, 1.165) is 25.7 Å². The zero-order valence-corrected chi connectivity index (χ0v) is 12.3. The molecule has 2 rings (SSSR count). The minimum absolute atomic E-state index is 0.0495. The first kappa shape index (κ1) is 14.7. The van der Waals surface area contributed by atoms with Crippen LogP contribution in [0.2, 0.25) is 0 Å². The van der Waals surface area contributed by atoms with Crippen molar-refractivity contribution >= 4 is 11.6 Å². The standard InChI is InChI=1S/C16H24N2O2/c1-16(2)9-7-13(8-10-16)18-15(19)11-20-14-5-3-12(17)4-6-14/h3-6,13H,7-11,17H2,1-2H3,(H,18,19). The lowest BCUT2D eigenvalue weighted by atomic mass is 9.75. The zero-order chi connectivity index (χ0) is 14.6. The van der Waals surface area contributed by atoms with E-state index < -0.39 is 0 Å². The second-order valence-corrected chi connectivity index (χ2v) is 6.36. The molecule has 0 radical (unpaired) electrons. The van der Waals surface area contributed by atoms with Gasteiger partial charge in [0.1, 0.15) is 5.75 Å². The van der Waals surface area contributed by atoms with Gasteiger partial charge in [-0.3, -0.25) is 4.79 Å². The minimum Gasteiger partial charge on any atom is -0.484 e. The van der Waals surface area contributed by atoms with Crippen LogP contribution in [0.1, 0.15) is 39.5 Å². The summed E-state index contributed by atoms with van der Waals surface area (Å²) in [6, 6.07) is 7.36.